The molecule has 0 aliphatic rings. The Bertz CT molecular complexity index is 594. The first-order valence-electron chi connectivity index (χ1n) is 5.88. The summed E-state index contributed by atoms with van der Waals surface area (Å²) in [5.74, 6) is -0.892. The SMILES string of the molecule is Cc1cc(NCc2ccc(Br)cc2)ccc1C(=O)O. The molecule has 0 atom stereocenters. The maximum Gasteiger partial charge on any atom is 0.335 e. The van der Waals surface area contributed by atoms with Crippen LogP contribution in [0, 0.1) is 6.92 Å². The molecule has 0 spiro atoms. The van der Waals surface area contributed by atoms with Crippen LogP contribution in [0.1, 0.15) is 21.5 Å². The van der Waals surface area contributed by atoms with E-state index in [0.717, 1.165) is 15.7 Å². The molecule has 19 heavy (non-hydrogen) atoms. The van der Waals surface area contributed by atoms with Gasteiger partial charge in [-0.25, -0.2) is 4.79 Å². The smallest absolute Gasteiger partial charge is 0.335 e. The van der Waals surface area contributed by atoms with Gasteiger partial charge in [0, 0.05) is 16.7 Å². The molecule has 0 amide bonds. The van der Waals surface area contributed by atoms with E-state index in [1.165, 1.54) is 5.56 Å². The van der Waals surface area contributed by atoms with Crippen molar-refractivity contribution in [3.8, 4) is 0 Å². The molecule has 2 aromatic carbocycles. The van der Waals surface area contributed by atoms with Crippen molar-refractivity contribution in [3.05, 3.63) is 63.6 Å². The maximum atomic E-state index is 10.9. The minimum Gasteiger partial charge on any atom is -0.478 e. The highest BCUT2D eigenvalue weighted by Gasteiger charge is 2.06. The van der Waals surface area contributed by atoms with E-state index in [1.54, 1.807) is 19.1 Å². The highest BCUT2D eigenvalue weighted by molar-refractivity contribution is 9.10. The molecule has 0 radical (unpaired) electrons. The molecule has 2 aromatic rings. The summed E-state index contributed by atoms with van der Waals surface area (Å²) in [4.78, 5) is 10.9. The predicted molar refractivity (Wildman–Crippen MR) is 79.6 cm³/mol. The number of benzene rings is 2. The second-order valence-corrected chi connectivity index (χ2v) is 5.23. The lowest BCUT2D eigenvalue weighted by Crippen LogP contribution is -2.03. The monoisotopic (exact) mass is 319 g/mol. The maximum absolute atomic E-state index is 10.9. The normalized spacial score (nSPS) is 10.2. The summed E-state index contributed by atoms with van der Waals surface area (Å²) in [6, 6.07) is 13.3. The Labute approximate surface area is 120 Å². The van der Waals surface area contributed by atoms with E-state index in [1.807, 2.05) is 30.3 Å². The lowest BCUT2D eigenvalue weighted by atomic mass is 10.1. The molecule has 4 heteroatoms. The van der Waals surface area contributed by atoms with Gasteiger partial charge in [-0.2, -0.15) is 0 Å². The average Bonchev–Trinajstić information content (AvgIpc) is 2.37. The van der Waals surface area contributed by atoms with E-state index >= 15 is 0 Å². The lowest BCUT2D eigenvalue weighted by Gasteiger charge is -2.09. The second kappa shape index (κ2) is 5.89. The summed E-state index contributed by atoms with van der Waals surface area (Å²) in [5, 5.41) is 12.2. The van der Waals surface area contributed by atoms with Crippen molar-refractivity contribution in [2.75, 3.05) is 5.32 Å². The molecule has 0 saturated heterocycles. The molecule has 0 saturated carbocycles. The van der Waals surface area contributed by atoms with Crippen molar-refractivity contribution in [2.24, 2.45) is 0 Å². The molecule has 0 aliphatic heterocycles. The van der Waals surface area contributed by atoms with Crippen molar-refractivity contribution in [1.29, 1.82) is 0 Å². The van der Waals surface area contributed by atoms with Crippen LogP contribution in [0.4, 0.5) is 5.69 Å². The highest BCUT2D eigenvalue weighted by Crippen LogP contribution is 2.17. The van der Waals surface area contributed by atoms with E-state index in [-0.39, 0.29) is 0 Å². The Hall–Kier alpha value is -1.81. The van der Waals surface area contributed by atoms with E-state index < -0.39 is 5.97 Å². The number of halogens is 1. The third-order valence-electron chi connectivity index (χ3n) is 2.87. The zero-order chi connectivity index (χ0) is 13.8. The summed E-state index contributed by atoms with van der Waals surface area (Å²) in [7, 11) is 0. The van der Waals surface area contributed by atoms with Crippen molar-refractivity contribution in [3.63, 3.8) is 0 Å². The van der Waals surface area contributed by atoms with Crippen LogP contribution in [0.25, 0.3) is 0 Å². The molecule has 0 bridgehead atoms. The quantitative estimate of drug-likeness (QED) is 0.893. The summed E-state index contributed by atoms with van der Waals surface area (Å²) < 4.78 is 1.05. The van der Waals surface area contributed by atoms with Gasteiger partial charge in [0.05, 0.1) is 5.56 Å². The van der Waals surface area contributed by atoms with Gasteiger partial charge in [-0.1, -0.05) is 28.1 Å². The number of carbonyl (C=O) groups is 1. The fourth-order valence-corrected chi connectivity index (χ4v) is 2.08. The van der Waals surface area contributed by atoms with Crippen molar-refractivity contribution >= 4 is 27.6 Å². The zero-order valence-corrected chi connectivity index (χ0v) is 12.1. The van der Waals surface area contributed by atoms with Gasteiger partial charge in [0.1, 0.15) is 0 Å². The van der Waals surface area contributed by atoms with Gasteiger partial charge in [0.25, 0.3) is 0 Å². The number of carboxylic acids is 1. The Kier molecular flexibility index (Phi) is 4.22. The Morgan fingerprint density at radius 2 is 1.89 bits per heavy atom. The molecular weight excluding hydrogens is 306 g/mol. The van der Waals surface area contributed by atoms with Crippen LogP contribution in [-0.2, 0) is 6.54 Å². The Balaban J connectivity index is 2.06. The number of hydrogen-bond donors (Lipinski definition) is 2. The first-order chi connectivity index (χ1) is 9.06. The Morgan fingerprint density at radius 3 is 2.47 bits per heavy atom. The lowest BCUT2D eigenvalue weighted by molar-refractivity contribution is 0.0696. The van der Waals surface area contributed by atoms with E-state index in [0.29, 0.717) is 12.1 Å². The van der Waals surface area contributed by atoms with Gasteiger partial charge in [-0.3, -0.25) is 0 Å². The van der Waals surface area contributed by atoms with Crippen molar-refractivity contribution in [2.45, 2.75) is 13.5 Å². The molecule has 0 aromatic heterocycles. The van der Waals surface area contributed by atoms with Gasteiger partial charge in [0.15, 0.2) is 0 Å². The topological polar surface area (TPSA) is 49.3 Å². The van der Waals surface area contributed by atoms with Gasteiger partial charge < -0.3 is 10.4 Å². The van der Waals surface area contributed by atoms with Crippen LogP contribution in [0.2, 0.25) is 0 Å². The highest BCUT2D eigenvalue weighted by atomic mass is 79.9. The largest absolute Gasteiger partial charge is 0.478 e. The van der Waals surface area contributed by atoms with Crippen LogP contribution < -0.4 is 5.32 Å². The predicted octanol–water partition coefficient (Wildman–Crippen LogP) is 4.07. The molecule has 0 unspecified atom stereocenters. The van der Waals surface area contributed by atoms with E-state index in [2.05, 4.69) is 21.2 Å². The zero-order valence-electron chi connectivity index (χ0n) is 10.5. The first kappa shape index (κ1) is 13.6. The fourth-order valence-electron chi connectivity index (χ4n) is 1.82. The molecule has 0 aliphatic carbocycles. The molecule has 0 fully saturated rings. The first-order valence-corrected chi connectivity index (χ1v) is 6.68. The number of carboxylic acid groups (broad SMARTS) is 1. The molecular formula is C15H14BrNO2. The van der Waals surface area contributed by atoms with Crippen LogP contribution >= 0.6 is 15.9 Å². The third-order valence-corrected chi connectivity index (χ3v) is 3.40. The Morgan fingerprint density at radius 1 is 1.21 bits per heavy atom. The van der Waals surface area contributed by atoms with Crippen LogP contribution in [0.5, 0.6) is 0 Å². The summed E-state index contributed by atoms with van der Waals surface area (Å²) in [6.07, 6.45) is 0. The summed E-state index contributed by atoms with van der Waals surface area (Å²) in [5.41, 5.74) is 3.19. The molecule has 0 heterocycles. The number of rotatable bonds is 4. The number of anilines is 1. The van der Waals surface area contributed by atoms with E-state index in [4.69, 9.17) is 5.11 Å². The summed E-state index contributed by atoms with van der Waals surface area (Å²) >= 11 is 3.40. The number of aryl methyl sites for hydroxylation is 1. The summed E-state index contributed by atoms with van der Waals surface area (Å²) in [6.45, 7) is 2.51. The van der Waals surface area contributed by atoms with Gasteiger partial charge >= 0.3 is 5.97 Å². The number of hydrogen-bond acceptors (Lipinski definition) is 2. The molecule has 3 nitrogen and oxygen atoms in total. The van der Waals surface area contributed by atoms with Crippen molar-refractivity contribution < 1.29 is 9.90 Å². The standard InChI is InChI=1S/C15H14BrNO2/c1-10-8-13(6-7-14(10)15(18)19)17-9-11-2-4-12(16)5-3-11/h2-8,17H,9H2,1H3,(H,18,19). The molecule has 2 rings (SSSR count). The number of aromatic carboxylic acids is 1. The second-order valence-electron chi connectivity index (χ2n) is 4.31. The van der Waals surface area contributed by atoms with Crippen molar-refractivity contribution in [1.82, 2.24) is 0 Å². The minimum atomic E-state index is -0.892. The van der Waals surface area contributed by atoms with Crippen LogP contribution in [0.3, 0.4) is 0 Å². The van der Waals surface area contributed by atoms with Gasteiger partial charge in [-0.15, -0.1) is 0 Å². The number of nitrogens with one attached hydrogen (secondary N) is 1. The fraction of sp³-hybridized carbons (Fsp3) is 0.133. The minimum absolute atomic E-state index is 0.342. The average molecular weight is 320 g/mol. The van der Waals surface area contributed by atoms with Crippen LogP contribution in [0.15, 0.2) is 46.9 Å². The molecule has 98 valence electrons. The molecule has 2 N–H and O–H groups in total. The van der Waals surface area contributed by atoms with Crippen LogP contribution in [-0.4, -0.2) is 11.1 Å². The van der Waals surface area contributed by atoms with Gasteiger partial charge in [0.2, 0.25) is 0 Å². The third kappa shape index (κ3) is 3.58. The van der Waals surface area contributed by atoms with E-state index in [9.17, 15) is 4.79 Å². The van der Waals surface area contributed by atoms with Gasteiger partial charge in [-0.05, 0) is 48.4 Å².